The maximum atomic E-state index is 10.7. The Morgan fingerprint density at radius 3 is 2.56 bits per heavy atom. The summed E-state index contributed by atoms with van der Waals surface area (Å²) in [6.45, 7) is 0. The molecule has 0 spiro atoms. The van der Waals surface area contributed by atoms with Crippen LogP contribution in [0.2, 0.25) is 0 Å². The van der Waals surface area contributed by atoms with Crippen molar-refractivity contribution in [2.24, 2.45) is 0 Å². The number of hydrogen-bond acceptors (Lipinski definition) is 4. The number of nitrogens with zero attached hydrogens (tertiary/aromatic N) is 1. The zero-order valence-electron chi connectivity index (χ0n) is 9.75. The second-order valence-electron chi connectivity index (χ2n) is 3.57. The molecule has 0 atom stereocenters. The molecule has 0 saturated carbocycles. The van der Waals surface area contributed by atoms with E-state index in [2.05, 4.69) is 10.3 Å². The fourth-order valence-electron chi connectivity index (χ4n) is 1.44. The second-order valence-corrected chi connectivity index (χ2v) is 3.57. The van der Waals surface area contributed by atoms with Gasteiger partial charge in [0.2, 0.25) is 5.88 Å². The van der Waals surface area contributed by atoms with Crippen LogP contribution in [-0.2, 0) is 0 Å². The van der Waals surface area contributed by atoms with Crippen molar-refractivity contribution in [2.45, 2.75) is 0 Å². The summed E-state index contributed by atoms with van der Waals surface area (Å²) in [5, 5.41) is 11.8. The van der Waals surface area contributed by atoms with Gasteiger partial charge in [0.1, 0.15) is 5.82 Å². The lowest BCUT2D eigenvalue weighted by atomic mass is 10.2. The number of hydrogen-bond donors (Lipinski definition) is 2. The van der Waals surface area contributed by atoms with E-state index in [1.807, 2.05) is 6.07 Å². The normalized spacial score (nSPS) is 9.83. The number of anilines is 2. The fraction of sp³-hybridized carbons (Fsp3) is 0.0769. The highest BCUT2D eigenvalue weighted by Gasteiger charge is 2.02. The van der Waals surface area contributed by atoms with Gasteiger partial charge < -0.3 is 15.2 Å². The molecule has 1 aromatic carbocycles. The molecule has 0 amide bonds. The number of carboxylic acid groups (broad SMARTS) is 1. The molecule has 2 aromatic rings. The monoisotopic (exact) mass is 244 g/mol. The number of carbonyl (C=O) groups is 1. The van der Waals surface area contributed by atoms with Gasteiger partial charge in [-0.25, -0.2) is 4.79 Å². The van der Waals surface area contributed by atoms with Crippen LogP contribution in [0.4, 0.5) is 11.5 Å². The number of aromatic carboxylic acids is 1. The Kier molecular flexibility index (Phi) is 3.43. The molecule has 1 heterocycles. The zero-order valence-corrected chi connectivity index (χ0v) is 9.75. The lowest BCUT2D eigenvalue weighted by Gasteiger charge is -2.07. The third-order valence-corrected chi connectivity index (χ3v) is 2.34. The number of ether oxygens (including phenoxy) is 1. The van der Waals surface area contributed by atoms with Crippen molar-refractivity contribution >= 4 is 17.5 Å². The van der Waals surface area contributed by atoms with E-state index in [0.29, 0.717) is 11.7 Å². The highest BCUT2D eigenvalue weighted by molar-refractivity contribution is 5.88. The first-order valence-electron chi connectivity index (χ1n) is 5.30. The van der Waals surface area contributed by atoms with Gasteiger partial charge in [0.15, 0.2) is 0 Å². The average molecular weight is 244 g/mol. The van der Waals surface area contributed by atoms with E-state index >= 15 is 0 Å². The maximum absolute atomic E-state index is 10.7. The van der Waals surface area contributed by atoms with Crippen LogP contribution in [0.1, 0.15) is 10.4 Å². The average Bonchev–Trinajstić information content (AvgIpc) is 2.39. The topological polar surface area (TPSA) is 71.5 Å². The molecule has 0 radical (unpaired) electrons. The first-order chi connectivity index (χ1) is 8.69. The van der Waals surface area contributed by atoms with Crippen molar-refractivity contribution in [1.29, 1.82) is 0 Å². The molecule has 0 aliphatic rings. The molecule has 0 aliphatic heterocycles. The fourth-order valence-corrected chi connectivity index (χ4v) is 1.44. The molecule has 5 heteroatoms. The summed E-state index contributed by atoms with van der Waals surface area (Å²) >= 11 is 0. The number of carboxylic acids is 1. The minimum Gasteiger partial charge on any atom is -0.481 e. The van der Waals surface area contributed by atoms with Crippen LogP contribution < -0.4 is 10.1 Å². The highest BCUT2D eigenvalue weighted by Crippen LogP contribution is 2.17. The van der Waals surface area contributed by atoms with Crippen LogP contribution in [0.25, 0.3) is 0 Å². The highest BCUT2D eigenvalue weighted by atomic mass is 16.5. The van der Waals surface area contributed by atoms with E-state index in [1.54, 1.807) is 31.4 Å². The molecule has 1 aromatic heterocycles. The minimum atomic E-state index is -0.943. The molecule has 2 rings (SSSR count). The smallest absolute Gasteiger partial charge is 0.335 e. The van der Waals surface area contributed by atoms with E-state index in [1.165, 1.54) is 12.1 Å². The largest absolute Gasteiger partial charge is 0.481 e. The second kappa shape index (κ2) is 5.18. The Morgan fingerprint density at radius 1 is 1.22 bits per heavy atom. The van der Waals surface area contributed by atoms with Gasteiger partial charge in [-0.05, 0) is 30.3 Å². The Bertz CT molecular complexity index is 552. The third kappa shape index (κ3) is 2.76. The van der Waals surface area contributed by atoms with E-state index < -0.39 is 5.97 Å². The minimum absolute atomic E-state index is 0.249. The Balaban J connectivity index is 2.15. The van der Waals surface area contributed by atoms with Crippen molar-refractivity contribution in [1.82, 2.24) is 4.98 Å². The lowest BCUT2D eigenvalue weighted by molar-refractivity contribution is 0.0697. The summed E-state index contributed by atoms with van der Waals surface area (Å²) in [6, 6.07) is 11.8. The molecule has 0 saturated heterocycles. The van der Waals surface area contributed by atoms with Crippen molar-refractivity contribution in [3.63, 3.8) is 0 Å². The predicted octanol–water partition coefficient (Wildman–Crippen LogP) is 2.53. The number of aromatic nitrogens is 1. The molecule has 92 valence electrons. The summed E-state index contributed by atoms with van der Waals surface area (Å²) in [5.74, 6) is 0.209. The standard InChI is InChI=1S/C13H12N2O3/c1-18-12-4-2-3-11(15-12)14-10-7-5-9(6-8-10)13(16)17/h2-8H,1H3,(H,14,15)(H,16,17). The molecule has 0 bridgehead atoms. The van der Waals surface area contributed by atoms with E-state index in [0.717, 1.165) is 5.69 Å². The third-order valence-electron chi connectivity index (χ3n) is 2.34. The summed E-state index contributed by atoms with van der Waals surface area (Å²) in [7, 11) is 1.55. The Labute approximate surface area is 104 Å². The maximum Gasteiger partial charge on any atom is 0.335 e. The summed E-state index contributed by atoms with van der Waals surface area (Å²) in [6.07, 6.45) is 0. The number of rotatable bonds is 4. The van der Waals surface area contributed by atoms with Crippen LogP contribution in [0.5, 0.6) is 5.88 Å². The van der Waals surface area contributed by atoms with Gasteiger partial charge in [0.05, 0.1) is 12.7 Å². The van der Waals surface area contributed by atoms with E-state index in [-0.39, 0.29) is 5.56 Å². The molecular weight excluding hydrogens is 232 g/mol. The molecule has 0 fully saturated rings. The van der Waals surface area contributed by atoms with Crippen molar-refractivity contribution in [2.75, 3.05) is 12.4 Å². The van der Waals surface area contributed by atoms with Crippen molar-refractivity contribution in [3.05, 3.63) is 48.0 Å². The van der Waals surface area contributed by atoms with Gasteiger partial charge in [-0.15, -0.1) is 0 Å². The predicted molar refractivity (Wildman–Crippen MR) is 67.5 cm³/mol. The van der Waals surface area contributed by atoms with Gasteiger partial charge >= 0.3 is 5.97 Å². The van der Waals surface area contributed by atoms with E-state index in [9.17, 15) is 4.79 Å². The first kappa shape index (κ1) is 11.9. The molecule has 5 nitrogen and oxygen atoms in total. The van der Waals surface area contributed by atoms with Gasteiger partial charge in [0.25, 0.3) is 0 Å². The van der Waals surface area contributed by atoms with Crippen LogP contribution in [0.15, 0.2) is 42.5 Å². The van der Waals surface area contributed by atoms with Crippen LogP contribution >= 0.6 is 0 Å². The van der Waals surface area contributed by atoms with Gasteiger partial charge in [-0.1, -0.05) is 6.07 Å². The summed E-state index contributed by atoms with van der Waals surface area (Å²) < 4.78 is 5.01. The molecule has 0 unspecified atom stereocenters. The van der Waals surface area contributed by atoms with E-state index in [4.69, 9.17) is 9.84 Å². The number of pyridine rings is 1. The summed E-state index contributed by atoms with van der Waals surface area (Å²) in [5.41, 5.74) is 1.01. The number of methoxy groups -OCH3 is 1. The number of nitrogens with one attached hydrogen (secondary N) is 1. The zero-order chi connectivity index (χ0) is 13.0. The quantitative estimate of drug-likeness (QED) is 0.864. The Morgan fingerprint density at radius 2 is 1.94 bits per heavy atom. The molecular formula is C13H12N2O3. The van der Waals surface area contributed by atoms with Crippen LogP contribution in [0, 0.1) is 0 Å². The van der Waals surface area contributed by atoms with Crippen LogP contribution in [0.3, 0.4) is 0 Å². The van der Waals surface area contributed by atoms with Gasteiger partial charge in [0, 0.05) is 11.8 Å². The van der Waals surface area contributed by atoms with Crippen molar-refractivity contribution < 1.29 is 14.6 Å². The lowest BCUT2D eigenvalue weighted by Crippen LogP contribution is -1.98. The van der Waals surface area contributed by atoms with Gasteiger partial charge in [-0.3, -0.25) is 0 Å². The molecule has 0 aliphatic carbocycles. The molecule has 2 N–H and O–H groups in total. The Hall–Kier alpha value is -2.56. The van der Waals surface area contributed by atoms with Crippen LogP contribution in [-0.4, -0.2) is 23.2 Å². The summed E-state index contributed by atoms with van der Waals surface area (Å²) in [4.78, 5) is 14.9. The first-order valence-corrected chi connectivity index (χ1v) is 5.30. The number of benzene rings is 1. The molecule has 18 heavy (non-hydrogen) atoms. The SMILES string of the molecule is COc1cccc(Nc2ccc(C(=O)O)cc2)n1. The van der Waals surface area contributed by atoms with Crippen molar-refractivity contribution in [3.8, 4) is 5.88 Å². The van der Waals surface area contributed by atoms with Gasteiger partial charge in [-0.2, -0.15) is 4.98 Å².